The predicted molar refractivity (Wildman–Crippen MR) is 123 cm³/mol. The highest BCUT2D eigenvalue weighted by Crippen LogP contribution is 2.39. The van der Waals surface area contributed by atoms with Gasteiger partial charge in [0.1, 0.15) is 17.5 Å². The summed E-state index contributed by atoms with van der Waals surface area (Å²) in [6.07, 6.45) is 1.03. The van der Waals surface area contributed by atoms with E-state index >= 15 is 0 Å². The van der Waals surface area contributed by atoms with Crippen molar-refractivity contribution >= 4 is 28.5 Å². The van der Waals surface area contributed by atoms with Crippen LogP contribution in [0.5, 0.6) is 11.5 Å². The first-order valence-corrected chi connectivity index (χ1v) is 10.8. The molecule has 2 aromatic rings. The molecule has 7 heteroatoms. The van der Waals surface area contributed by atoms with Gasteiger partial charge in [-0.15, -0.1) is 0 Å². The van der Waals surface area contributed by atoms with Gasteiger partial charge < -0.3 is 20.1 Å². The number of amidine groups is 1. The van der Waals surface area contributed by atoms with Crippen LogP contribution >= 0.6 is 11.8 Å². The minimum Gasteiger partial charge on any atom is -0.497 e. The maximum absolute atomic E-state index is 13.3. The molecule has 1 atom stereocenters. The van der Waals surface area contributed by atoms with Gasteiger partial charge in [-0.25, -0.2) is 4.99 Å². The minimum atomic E-state index is -0.491. The van der Waals surface area contributed by atoms with Gasteiger partial charge in [0.25, 0.3) is 5.91 Å². The highest BCUT2D eigenvalue weighted by Gasteiger charge is 2.31. The Bertz CT molecular complexity index is 957. The lowest BCUT2D eigenvalue weighted by atomic mass is 9.95. The molecule has 0 aromatic heterocycles. The van der Waals surface area contributed by atoms with Gasteiger partial charge in [0, 0.05) is 28.8 Å². The van der Waals surface area contributed by atoms with Gasteiger partial charge in [-0.05, 0) is 37.6 Å². The smallest absolute Gasteiger partial charge is 0.255 e. The van der Waals surface area contributed by atoms with Crippen molar-refractivity contribution in [1.82, 2.24) is 5.32 Å². The Kier molecular flexibility index (Phi) is 7.41. The number of carbonyl (C=O) groups excluding carboxylic acids is 1. The van der Waals surface area contributed by atoms with Crippen molar-refractivity contribution in [3.05, 3.63) is 65.4 Å². The fraction of sp³-hybridized carbons (Fsp3) is 0.304. The summed E-state index contributed by atoms with van der Waals surface area (Å²) in [4.78, 5) is 18.1. The van der Waals surface area contributed by atoms with Crippen LogP contribution in [0.25, 0.3) is 0 Å². The number of methoxy groups -OCH3 is 2. The molecule has 0 fully saturated rings. The van der Waals surface area contributed by atoms with Gasteiger partial charge >= 0.3 is 0 Å². The zero-order valence-electron chi connectivity index (χ0n) is 17.7. The van der Waals surface area contributed by atoms with Gasteiger partial charge in [-0.3, -0.25) is 4.79 Å². The van der Waals surface area contributed by atoms with Crippen LogP contribution in [0.4, 0.5) is 5.69 Å². The van der Waals surface area contributed by atoms with Crippen molar-refractivity contribution in [2.75, 3.05) is 25.3 Å². The number of benzene rings is 2. The van der Waals surface area contributed by atoms with E-state index in [1.165, 1.54) is 0 Å². The van der Waals surface area contributed by atoms with E-state index in [-0.39, 0.29) is 5.91 Å². The van der Waals surface area contributed by atoms with E-state index in [4.69, 9.17) is 14.5 Å². The van der Waals surface area contributed by atoms with Gasteiger partial charge in [-0.2, -0.15) is 0 Å². The molecule has 0 saturated heterocycles. The molecular formula is C23H27N3O3S. The molecule has 0 aliphatic carbocycles. The third-order valence-electron chi connectivity index (χ3n) is 4.67. The zero-order valence-corrected chi connectivity index (χ0v) is 18.5. The maximum Gasteiger partial charge on any atom is 0.255 e. The van der Waals surface area contributed by atoms with Gasteiger partial charge in [0.2, 0.25) is 0 Å². The van der Waals surface area contributed by atoms with Crippen molar-refractivity contribution in [2.45, 2.75) is 26.3 Å². The lowest BCUT2D eigenvalue weighted by Crippen LogP contribution is -2.32. The molecule has 3 rings (SSSR count). The fourth-order valence-corrected chi connectivity index (χ4v) is 4.01. The Hall–Kier alpha value is -2.93. The van der Waals surface area contributed by atoms with Crippen molar-refractivity contribution in [2.24, 2.45) is 4.99 Å². The summed E-state index contributed by atoms with van der Waals surface area (Å²) < 4.78 is 10.9. The molecule has 0 saturated carbocycles. The van der Waals surface area contributed by atoms with Crippen molar-refractivity contribution < 1.29 is 14.3 Å². The monoisotopic (exact) mass is 425 g/mol. The number of thioether (sulfide) groups is 1. The molecule has 158 valence electrons. The third kappa shape index (κ3) is 4.97. The molecular weight excluding hydrogens is 398 g/mol. The molecule has 2 N–H and O–H groups in total. The number of hydrogen-bond acceptors (Lipinski definition) is 6. The summed E-state index contributed by atoms with van der Waals surface area (Å²) in [5, 5.41) is 7.07. The van der Waals surface area contributed by atoms with Crippen LogP contribution in [0.1, 0.15) is 31.9 Å². The second-order valence-corrected chi connectivity index (χ2v) is 7.86. The van der Waals surface area contributed by atoms with Crippen LogP contribution in [0.3, 0.4) is 0 Å². The van der Waals surface area contributed by atoms with Gasteiger partial charge in [0.05, 0.1) is 19.8 Å². The Labute approximate surface area is 181 Å². The summed E-state index contributed by atoms with van der Waals surface area (Å²) in [7, 11) is 3.22. The van der Waals surface area contributed by atoms with Crippen LogP contribution in [0, 0.1) is 0 Å². The average molecular weight is 426 g/mol. The molecule has 1 amide bonds. The number of nitrogens with zero attached hydrogens (tertiary/aromatic N) is 1. The van der Waals surface area contributed by atoms with E-state index in [2.05, 4.69) is 17.6 Å². The normalized spacial score (nSPS) is 15.9. The number of ether oxygens (including phenoxy) is 2. The summed E-state index contributed by atoms with van der Waals surface area (Å²) in [6, 6.07) is 14.5. The Morgan fingerprint density at radius 1 is 1.17 bits per heavy atom. The molecule has 1 heterocycles. The standard InChI is InChI=1S/C23H27N3O3S/c1-5-13-30-23-24-15(2)20(22(27)25-16-9-7-6-8-10-16)21(26-23)18-12-11-17(28-3)14-19(18)29-4/h6-12,14,21H,5,13H2,1-4H3,(H,24,26)(H,25,27)/t21-/m1/s1. The third-order valence-corrected chi connectivity index (χ3v) is 5.77. The largest absolute Gasteiger partial charge is 0.497 e. The topological polar surface area (TPSA) is 72.0 Å². The van der Waals surface area contributed by atoms with Crippen LogP contribution in [-0.4, -0.2) is 31.0 Å². The van der Waals surface area contributed by atoms with Gasteiger partial charge in [0.15, 0.2) is 5.17 Å². The maximum atomic E-state index is 13.3. The molecule has 2 aromatic carbocycles. The number of allylic oxidation sites excluding steroid dienone is 1. The van der Waals surface area contributed by atoms with E-state index in [0.717, 1.165) is 34.3 Å². The number of para-hydroxylation sites is 1. The van der Waals surface area contributed by atoms with Crippen molar-refractivity contribution in [1.29, 1.82) is 0 Å². The predicted octanol–water partition coefficient (Wildman–Crippen LogP) is 4.76. The summed E-state index contributed by atoms with van der Waals surface area (Å²) in [6.45, 7) is 4.03. The van der Waals surface area contributed by atoms with E-state index in [1.807, 2.05) is 55.5 Å². The van der Waals surface area contributed by atoms with Crippen molar-refractivity contribution in [3.8, 4) is 11.5 Å². The lowest BCUT2D eigenvalue weighted by Gasteiger charge is -2.27. The lowest BCUT2D eigenvalue weighted by molar-refractivity contribution is -0.113. The number of amides is 1. The summed E-state index contributed by atoms with van der Waals surface area (Å²) >= 11 is 1.65. The first kappa shape index (κ1) is 21.8. The van der Waals surface area contributed by atoms with Crippen LogP contribution in [-0.2, 0) is 4.79 Å². The summed E-state index contributed by atoms with van der Waals surface area (Å²) in [5.74, 6) is 2.06. The number of aliphatic imine (C=N–C) groups is 1. The first-order chi connectivity index (χ1) is 14.6. The number of rotatable bonds is 7. The van der Waals surface area contributed by atoms with Crippen LogP contribution < -0.4 is 20.1 Å². The number of carbonyl (C=O) groups is 1. The fourth-order valence-electron chi connectivity index (χ4n) is 3.20. The number of anilines is 1. The van der Waals surface area contributed by atoms with Crippen molar-refractivity contribution in [3.63, 3.8) is 0 Å². The van der Waals surface area contributed by atoms with E-state index in [0.29, 0.717) is 17.1 Å². The Balaban J connectivity index is 2.02. The minimum absolute atomic E-state index is 0.197. The molecule has 30 heavy (non-hydrogen) atoms. The van der Waals surface area contributed by atoms with Gasteiger partial charge in [-0.1, -0.05) is 36.9 Å². The molecule has 0 spiro atoms. The van der Waals surface area contributed by atoms with E-state index in [1.54, 1.807) is 26.0 Å². The molecule has 0 radical (unpaired) electrons. The average Bonchev–Trinajstić information content (AvgIpc) is 2.77. The second-order valence-electron chi connectivity index (χ2n) is 6.78. The van der Waals surface area contributed by atoms with E-state index < -0.39 is 6.04 Å². The van der Waals surface area contributed by atoms with E-state index in [9.17, 15) is 4.79 Å². The number of hydrogen-bond donors (Lipinski definition) is 2. The highest BCUT2D eigenvalue weighted by molar-refractivity contribution is 8.13. The highest BCUT2D eigenvalue weighted by atomic mass is 32.2. The zero-order chi connectivity index (χ0) is 21.5. The Morgan fingerprint density at radius 2 is 1.93 bits per heavy atom. The van der Waals surface area contributed by atoms with Crippen LogP contribution in [0.2, 0.25) is 0 Å². The molecule has 0 unspecified atom stereocenters. The summed E-state index contributed by atoms with van der Waals surface area (Å²) in [5.41, 5.74) is 2.88. The SMILES string of the molecule is CCCSC1=N[C@H](c2ccc(OC)cc2OC)C(C(=O)Nc2ccccc2)=C(C)N1. The molecule has 0 bridgehead atoms. The Morgan fingerprint density at radius 3 is 2.60 bits per heavy atom. The second kappa shape index (κ2) is 10.2. The molecule has 6 nitrogen and oxygen atoms in total. The number of nitrogens with one attached hydrogen (secondary N) is 2. The van der Waals surface area contributed by atoms with Crippen LogP contribution in [0.15, 0.2) is 64.8 Å². The quantitative estimate of drug-likeness (QED) is 0.669. The molecule has 1 aliphatic heterocycles. The first-order valence-electron chi connectivity index (χ1n) is 9.84. The molecule has 1 aliphatic rings.